The molecule has 0 saturated heterocycles. The monoisotopic (exact) mass is 351 g/mol. The average molecular weight is 351 g/mol. The van der Waals surface area contributed by atoms with E-state index in [-0.39, 0.29) is 23.2 Å². The van der Waals surface area contributed by atoms with Gasteiger partial charge in [-0.2, -0.15) is 0 Å². The van der Waals surface area contributed by atoms with Crippen LogP contribution in [-0.4, -0.2) is 43.8 Å². The molecule has 24 heavy (non-hydrogen) atoms. The second kappa shape index (κ2) is 6.59. The van der Waals surface area contributed by atoms with E-state index in [1.807, 2.05) is 32.9 Å². The van der Waals surface area contributed by atoms with Gasteiger partial charge in [0.2, 0.25) is 0 Å². The van der Waals surface area contributed by atoms with Crippen LogP contribution in [0, 0.1) is 20.8 Å². The Morgan fingerprint density at radius 3 is 2.33 bits per heavy atom. The zero-order valence-corrected chi connectivity index (χ0v) is 16.0. The molecule has 0 spiro atoms. The third-order valence-electron chi connectivity index (χ3n) is 4.59. The molecule has 1 atom stereocenters. The van der Waals surface area contributed by atoms with Gasteiger partial charge in [-0.15, -0.1) is 0 Å². The molecule has 0 saturated carbocycles. The lowest BCUT2D eigenvalue weighted by Gasteiger charge is -2.24. The SMILES string of the molecule is CCS(=O)(=O)CC(C)N(C)C(=O)c1oc2c(C)ccc(C)c2c1C. The zero-order chi connectivity index (χ0) is 18.2. The van der Waals surface area contributed by atoms with Crippen molar-refractivity contribution in [2.75, 3.05) is 18.6 Å². The van der Waals surface area contributed by atoms with Crippen molar-refractivity contribution in [3.63, 3.8) is 0 Å². The van der Waals surface area contributed by atoms with Crippen molar-refractivity contribution in [3.8, 4) is 0 Å². The van der Waals surface area contributed by atoms with Crippen molar-refractivity contribution < 1.29 is 17.6 Å². The Bertz CT molecular complexity index is 880. The number of furan rings is 1. The van der Waals surface area contributed by atoms with Gasteiger partial charge < -0.3 is 9.32 Å². The van der Waals surface area contributed by atoms with Gasteiger partial charge in [-0.25, -0.2) is 8.42 Å². The molecule has 0 bridgehead atoms. The number of carbonyl (C=O) groups excluding carboxylic acids is 1. The first-order valence-electron chi connectivity index (χ1n) is 8.06. The van der Waals surface area contributed by atoms with Gasteiger partial charge in [0.25, 0.3) is 5.91 Å². The number of carbonyl (C=O) groups is 1. The Hall–Kier alpha value is -1.82. The van der Waals surface area contributed by atoms with Crippen LogP contribution in [0.25, 0.3) is 11.0 Å². The van der Waals surface area contributed by atoms with E-state index in [9.17, 15) is 13.2 Å². The summed E-state index contributed by atoms with van der Waals surface area (Å²) >= 11 is 0. The molecule has 0 fully saturated rings. The van der Waals surface area contributed by atoms with Crippen LogP contribution in [-0.2, 0) is 9.84 Å². The highest BCUT2D eigenvalue weighted by Crippen LogP contribution is 2.31. The van der Waals surface area contributed by atoms with Crippen molar-refractivity contribution in [1.82, 2.24) is 4.90 Å². The summed E-state index contributed by atoms with van der Waals surface area (Å²) in [5.74, 6) is 0.0109. The number of benzene rings is 1. The van der Waals surface area contributed by atoms with Crippen molar-refractivity contribution in [1.29, 1.82) is 0 Å². The van der Waals surface area contributed by atoms with Gasteiger partial charge in [0.15, 0.2) is 15.6 Å². The molecule has 1 aromatic heterocycles. The Balaban J connectivity index is 2.40. The van der Waals surface area contributed by atoms with Crippen LogP contribution in [0.5, 0.6) is 0 Å². The van der Waals surface area contributed by atoms with E-state index in [0.29, 0.717) is 0 Å². The number of aryl methyl sites for hydroxylation is 3. The highest BCUT2D eigenvalue weighted by atomic mass is 32.2. The molecule has 0 aliphatic carbocycles. The molecule has 132 valence electrons. The van der Waals surface area contributed by atoms with Crippen LogP contribution in [0.2, 0.25) is 0 Å². The van der Waals surface area contributed by atoms with E-state index in [1.54, 1.807) is 20.9 Å². The van der Waals surface area contributed by atoms with Gasteiger partial charge in [-0.1, -0.05) is 19.1 Å². The summed E-state index contributed by atoms with van der Waals surface area (Å²) in [6, 6.07) is 3.56. The number of hydrogen-bond acceptors (Lipinski definition) is 4. The van der Waals surface area contributed by atoms with Crippen LogP contribution in [0.15, 0.2) is 16.5 Å². The fourth-order valence-corrected chi connectivity index (χ4v) is 4.03. The summed E-state index contributed by atoms with van der Waals surface area (Å²) in [4.78, 5) is 14.3. The number of sulfone groups is 1. The smallest absolute Gasteiger partial charge is 0.289 e. The standard InChI is InChI=1S/C18H25NO4S/c1-7-24(21,22)10-13(4)19(6)18(20)17-14(5)15-11(2)8-9-12(3)16(15)23-17/h8-9,13H,7,10H2,1-6H3. The van der Waals surface area contributed by atoms with Crippen molar-refractivity contribution in [3.05, 3.63) is 34.6 Å². The topological polar surface area (TPSA) is 67.6 Å². The van der Waals surface area contributed by atoms with E-state index >= 15 is 0 Å². The first-order valence-corrected chi connectivity index (χ1v) is 9.88. The first kappa shape index (κ1) is 18.5. The van der Waals surface area contributed by atoms with Crippen molar-refractivity contribution >= 4 is 26.7 Å². The molecule has 0 aliphatic heterocycles. The molecular weight excluding hydrogens is 326 g/mol. The molecule has 1 amide bonds. The highest BCUT2D eigenvalue weighted by Gasteiger charge is 2.27. The quantitative estimate of drug-likeness (QED) is 0.829. The van der Waals surface area contributed by atoms with E-state index in [1.165, 1.54) is 4.90 Å². The van der Waals surface area contributed by atoms with Crippen LogP contribution < -0.4 is 0 Å². The number of amides is 1. The molecular formula is C18H25NO4S. The van der Waals surface area contributed by atoms with E-state index in [2.05, 4.69) is 0 Å². The maximum Gasteiger partial charge on any atom is 0.289 e. The minimum atomic E-state index is -3.15. The lowest BCUT2D eigenvalue weighted by Crippen LogP contribution is -2.39. The van der Waals surface area contributed by atoms with Crippen LogP contribution in [0.4, 0.5) is 0 Å². The Morgan fingerprint density at radius 1 is 1.21 bits per heavy atom. The van der Waals surface area contributed by atoms with Gasteiger partial charge in [0, 0.05) is 29.8 Å². The molecule has 1 unspecified atom stereocenters. The Labute approximate surface area is 143 Å². The lowest BCUT2D eigenvalue weighted by molar-refractivity contribution is 0.0726. The average Bonchev–Trinajstić information content (AvgIpc) is 2.88. The molecule has 1 heterocycles. The normalized spacial score (nSPS) is 13.2. The molecule has 2 rings (SSSR count). The van der Waals surface area contributed by atoms with Gasteiger partial charge in [-0.3, -0.25) is 4.79 Å². The summed E-state index contributed by atoms with van der Waals surface area (Å²) in [7, 11) is -1.54. The second-order valence-corrected chi connectivity index (χ2v) is 8.82. The van der Waals surface area contributed by atoms with E-state index in [0.717, 1.165) is 27.7 Å². The summed E-state index contributed by atoms with van der Waals surface area (Å²) in [5, 5.41) is 0.959. The number of fused-ring (bicyclic) bond motifs is 1. The summed E-state index contributed by atoms with van der Waals surface area (Å²) in [6.45, 7) is 9.14. The summed E-state index contributed by atoms with van der Waals surface area (Å²) in [6.07, 6.45) is 0. The van der Waals surface area contributed by atoms with Gasteiger partial charge >= 0.3 is 0 Å². The van der Waals surface area contributed by atoms with Crippen LogP contribution in [0.1, 0.15) is 41.1 Å². The highest BCUT2D eigenvalue weighted by molar-refractivity contribution is 7.91. The maximum absolute atomic E-state index is 12.8. The molecule has 5 nitrogen and oxygen atoms in total. The zero-order valence-electron chi connectivity index (χ0n) is 15.1. The Morgan fingerprint density at radius 2 is 1.79 bits per heavy atom. The predicted octanol–water partition coefficient (Wildman–Crippen LogP) is 3.25. The van der Waals surface area contributed by atoms with Gasteiger partial charge in [0.1, 0.15) is 5.58 Å². The Kier molecular flexibility index (Phi) is 5.08. The third-order valence-corrected chi connectivity index (χ3v) is 6.46. The van der Waals surface area contributed by atoms with Crippen LogP contribution >= 0.6 is 0 Å². The molecule has 0 aliphatic rings. The molecule has 6 heteroatoms. The number of nitrogens with zero attached hydrogens (tertiary/aromatic N) is 1. The van der Waals surface area contributed by atoms with Crippen LogP contribution in [0.3, 0.4) is 0 Å². The molecule has 0 N–H and O–H groups in total. The fraction of sp³-hybridized carbons (Fsp3) is 0.500. The fourth-order valence-electron chi connectivity index (χ4n) is 2.84. The predicted molar refractivity (Wildman–Crippen MR) is 96.3 cm³/mol. The lowest BCUT2D eigenvalue weighted by atomic mass is 10.0. The third kappa shape index (κ3) is 3.34. The van der Waals surface area contributed by atoms with Crippen molar-refractivity contribution in [2.45, 2.75) is 40.7 Å². The minimum absolute atomic E-state index is 0.0525. The number of rotatable bonds is 5. The van der Waals surface area contributed by atoms with Gasteiger partial charge in [-0.05, 0) is 38.8 Å². The molecule has 0 radical (unpaired) electrons. The molecule has 2 aromatic rings. The maximum atomic E-state index is 12.8. The van der Waals surface area contributed by atoms with E-state index in [4.69, 9.17) is 4.42 Å². The van der Waals surface area contributed by atoms with Crippen molar-refractivity contribution in [2.24, 2.45) is 0 Å². The second-order valence-electron chi connectivity index (χ2n) is 6.42. The first-order chi connectivity index (χ1) is 11.1. The largest absolute Gasteiger partial charge is 0.450 e. The molecule has 1 aromatic carbocycles. The summed E-state index contributed by atoms with van der Waals surface area (Å²) in [5.41, 5.74) is 3.55. The van der Waals surface area contributed by atoms with E-state index < -0.39 is 15.9 Å². The minimum Gasteiger partial charge on any atom is -0.450 e. The summed E-state index contributed by atoms with van der Waals surface area (Å²) < 4.78 is 29.5. The number of hydrogen-bond donors (Lipinski definition) is 0. The van der Waals surface area contributed by atoms with Gasteiger partial charge in [0.05, 0.1) is 5.75 Å².